The number of aliphatic carboxylic acids is 1. The third-order valence-corrected chi connectivity index (χ3v) is 6.41. The summed E-state index contributed by atoms with van der Waals surface area (Å²) >= 11 is 1.65. The van der Waals surface area contributed by atoms with E-state index in [4.69, 9.17) is 5.11 Å². The van der Waals surface area contributed by atoms with Gasteiger partial charge >= 0.3 is 5.97 Å². The van der Waals surface area contributed by atoms with Crippen molar-refractivity contribution in [1.82, 2.24) is 9.62 Å². The Morgan fingerprint density at radius 1 is 1.32 bits per heavy atom. The van der Waals surface area contributed by atoms with Gasteiger partial charge in [0.15, 0.2) is 0 Å². The fraction of sp³-hybridized carbons (Fsp3) is 0.500. The molecule has 0 bridgehead atoms. The second kappa shape index (κ2) is 8.68. The number of sulfonamides is 1. The maximum atomic E-state index is 12.7. The Morgan fingerprint density at radius 2 is 2.00 bits per heavy atom. The average Bonchev–Trinajstić information content (AvgIpc) is 2.60. The van der Waals surface area contributed by atoms with Gasteiger partial charge in [-0.05, 0) is 24.6 Å². The first kappa shape index (κ1) is 19.7. The van der Waals surface area contributed by atoms with Gasteiger partial charge < -0.3 is 10.0 Å². The minimum atomic E-state index is -3.26. The van der Waals surface area contributed by atoms with E-state index in [0.29, 0.717) is 17.9 Å². The molecule has 0 spiro atoms. The first-order chi connectivity index (χ1) is 11.8. The molecule has 0 saturated carbocycles. The lowest BCUT2D eigenvalue weighted by atomic mass is 10.1. The van der Waals surface area contributed by atoms with Gasteiger partial charge in [0.1, 0.15) is 0 Å². The van der Waals surface area contributed by atoms with Crippen molar-refractivity contribution in [1.29, 1.82) is 0 Å². The molecule has 1 aliphatic heterocycles. The SMILES string of the molecule is CCS(=O)(=O)NCc1ccc(C(=O)N2CCSCC2CC(=O)O)cc1. The summed E-state index contributed by atoms with van der Waals surface area (Å²) < 4.78 is 25.4. The number of carbonyl (C=O) groups excluding carboxylic acids is 1. The molecular weight excluding hydrogens is 364 g/mol. The first-order valence-corrected chi connectivity index (χ1v) is 10.8. The Balaban J connectivity index is 2.04. The van der Waals surface area contributed by atoms with Crippen LogP contribution < -0.4 is 4.72 Å². The van der Waals surface area contributed by atoms with Crippen molar-refractivity contribution in [2.24, 2.45) is 0 Å². The van der Waals surface area contributed by atoms with E-state index in [2.05, 4.69) is 4.72 Å². The molecule has 1 atom stereocenters. The Hall–Kier alpha value is -1.58. The van der Waals surface area contributed by atoms with Gasteiger partial charge in [-0.15, -0.1) is 0 Å². The van der Waals surface area contributed by atoms with Crippen LogP contribution in [0.15, 0.2) is 24.3 Å². The summed E-state index contributed by atoms with van der Waals surface area (Å²) in [6.45, 7) is 2.26. The number of nitrogens with one attached hydrogen (secondary N) is 1. The van der Waals surface area contributed by atoms with Crippen LogP contribution in [0, 0.1) is 0 Å². The Labute approximate surface area is 151 Å². The van der Waals surface area contributed by atoms with Crippen molar-refractivity contribution < 1.29 is 23.1 Å². The highest BCUT2D eigenvalue weighted by molar-refractivity contribution is 7.99. The first-order valence-electron chi connectivity index (χ1n) is 7.99. The van der Waals surface area contributed by atoms with E-state index < -0.39 is 16.0 Å². The van der Waals surface area contributed by atoms with Gasteiger partial charge in [0.05, 0.1) is 18.2 Å². The topological polar surface area (TPSA) is 104 Å². The fourth-order valence-electron chi connectivity index (χ4n) is 2.52. The number of carboxylic acid groups (broad SMARTS) is 1. The second-order valence-corrected chi connectivity index (χ2v) is 8.99. The summed E-state index contributed by atoms with van der Waals surface area (Å²) in [5.41, 5.74) is 1.23. The van der Waals surface area contributed by atoms with Crippen LogP contribution in [0.4, 0.5) is 0 Å². The molecule has 0 radical (unpaired) electrons. The van der Waals surface area contributed by atoms with Crippen molar-refractivity contribution >= 4 is 33.7 Å². The molecule has 1 unspecified atom stereocenters. The summed E-state index contributed by atoms with van der Waals surface area (Å²) in [5, 5.41) is 9.01. The summed E-state index contributed by atoms with van der Waals surface area (Å²) in [7, 11) is -3.26. The van der Waals surface area contributed by atoms with Gasteiger partial charge in [-0.25, -0.2) is 13.1 Å². The predicted octanol–water partition coefficient (Wildman–Crippen LogP) is 1.16. The number of nitrogens with zero attached hydrogens (tertiary/aromatic N) is 1. The molecule has 138 valence electrons. The molecule has 1 saturated heterocycles. The van der Waals surface area contributed by atoms with E-state index in [-0.39, 0.29) is 30.7 Å². The minimum Gasteiger partial charge on any atom is -0.481 e. The van der Waals surface area contributed by atoms with E-state index in [1.54, 1.807) is 47.9 Å². The van der Waals surface area contributed by atoms with Crippen molar-refractivity contribution in [2.75, 3.05) is 23.8 Å². The molecule has 25 heavy (non-hydrogen) atoms. The largest absolute Gasteiger partial charge is 0.481 e. The summed E-state index contributed by atoms with van der Waals surface area (Å²) in [4.78, 5) is 25.3. The lowest BCUT2D eigenvalue weighted by Crippen LogP contribution is -2.47. The van der Waals surface area contributed by atoms with Crippen LogP contribution in [-0.4, -0.2) is 60.1 Å². The monoisotopic (exact) mass is 386 g/mol. The number of carbonyl (C=O) groups is 2. The Bertz CT molecular complexity index is 719. The van der Waals surface area contributed by atoms with Gasteiger partial charge in [0.25, 0.3) is 5.91 Å². The zero-order valence-electron chi connectivity index (χ0n) is 14.0. The maximum absolute atomic E-state index is 12.7. The van der Waals surface area contributed by atoms with Crippen LogP contribution in [-0.2, 0) is 21.4 Å². The molecule has 1 aromatic carbocycles. The summed E-state index contributed by atoms with van der Waals surface area (Å²) in [6, 6.07) is 6.40. The number of hydrogen-bond acceptors (Lipinski definition) is 5. The van der Waals surface area contributed by atoms with Crippen molar-refractivity contribution in [3.05, 3.63) is 35.4 Å². The van der Waals surface area contributed by atoms with Gasteiger partial charge in [0.2, 0.25) is 10.0 Å². The van der Waals surface area contributed by atoms with Crippen LogP contribution >= 0.6 is 11.8 Å². The van der Waals surface area contributed by atoms with Crippen molar-refractivity contribution in [3.8, 4) is 0 Å². The third-order valence-electron chi connectivity index (χ3n) is 3.98. The van der Waals surface area contributed by atoms with Crippen LogP contribution in [0.3, 0.4) is 0 Å². The lowest BCUT2D eigenvalue weighted by molar-refractivity contribution is -0.138. The molecular formula is C16H22N2O5S2. The standard InChI is InChI=1S/C16H22N2O5S2/c1-2-25(22,23)17-10-12-3-5-13(6-4-12)16(21)18-7-8-24-11-14(18)9-15(19)20/h3-6,14,17H,2,7-11H2,1H3,(H,19,20). The highest BCUT2D eigenvalue weighted by Crippen LogP contribution is 2.21. The maximum Gasteiger partial charge on any atom is 0.305 e. The number of thioether (sulfide) groups is 1. The van der Waals surface area contributed by atoms with Gasteiger partial charge in [-0.2, -0.15) is 11.8 Å². The molecule has 2 rings (SSSR count). The van der Waals surface area contributed by atoms with Crippen LogP contribution in [0.1, 0.15) is 29.3 Å². The van der Waals surface area contributed by atoms with E-state index in [9.17, 15) is 18.0 Å². The molecule has 0 aromatic heterocycles. The quantitative estimate of drug-likeness (QED) is 0.729. The van der Waals surface area contributed by atoms with Crippen LogP contribution in [0.25, 0.3) is 0 Å². The molecule has 1 amide bonds. The van der Waals surface area contributed by atoms with Crippen LogP contribution in [0.2, 0.25) is 0 Å². The van der Waals surface area contributed by atoms with Gasteiger partial charge in [-0.1, -0.05) is 12.1 Å². The smallest absolute Gasteiger partial charge is 0.305 e. The number of amides is 1. The molecule has 1 aliphatic rings. The van der Waals surface area contributed by atoms with E-state index >= 15 is 0 Å². The van der Waals surface area contributed by atoms with Gasteiger partial charge in [0, 0.05) is 30.2 Å². The lowest BCUT2D eigenvalue weighted by Gasteiger charge is -2.34. The summed E-state index contributed by atoms with van der Waals surface area (Å²) in [5.74, 6) is 0.325. The van der Waals surface area contributed by atoms with E-state index in [1.807, 2.05) is 0 Å². The highest BCUT2D eigenvalue weighted by atomic mass is 32.2. The minimum absolute atomic E-state index is 0.0154. The summed E-state index contributed by atoms with van der Waals surface area (Å²) in [6.07, 6.45) is -0.0599. The van der Waals surface area contributed by atoms with Crippen LogP contribution in [0.5, 0.6) is 0 Å². The zero-order chi connectivity index (χ0) is 18.4. The molecule has 9 heteroatoms. The highest BCUT2D eigenvalue weighted by Gasteiger charge is 2.29. The van der Waals surface area contributed by atoms with Crippen molar-refractivity contribution in [3.63, 3.8) is 0 Å². The predicted molar refractivity (Wildman–Crippen MR) is 97.1 cm³/mol. The second-order valence-electron chi connectivity index (χ2n) is 5.75. The fourth-order valence-corrected chi connectivity index (χ4v) is 4.17. The zero-order valence-corrected chi connectivity index (χ0v) is 15.6. The molecule has 1 aromatic rings. The molecule has 2 N–H and O–H groups in total. The molecule has 1 heterocycles. The number of carboxylic acids is 1. The third kappa shape index (κ3) is 5.72. The van der Waals surface area contributed by atoms with E-state index in [1.165, 1.54) is 0 Å². The number of hydrogen-bond donors (Lipinski definition) is 2. The molecule has 0 aliphatic carbocycles. The number of rotatable bonds is 7. The van der Waals surface area contributed by atoms with Gasteiger partial charge in [-0.3, -0.25) is 9.59 Å². The Kier molecular flexibility index (Phi) is 6.86. The molecule has 1 fully saturated rings. The molecule has 7 nitrogen and oxygen atoms in total. The number of benzene rings is 1. The average molecular weight is 386 g/mol. The van der Waals surface area contributed by atoms with Crippen molar-refractivity contribution in [2.45, 2.75) is 25.9 Å². The normalized spacial score (nSPS) is 18.1. The Morgan fingerprint density at radius 3 is 2.60 bits per heavy atom. The van der Waals surface area contributed by atoms with E-state index in [0.717, 1.165) is 11.3 Å².